The first-order chi connectivity index (χ1) is 17.5. The lowest BCUT2D eigenvalue weighted by molar-refractivity contribution is 0.247. The number of rotatable bonds is 7. The Kier molecular flexibility index (Phi) is 6.97. The van der Waals surface area contributed by atoms with Crippen LogP contribution in [0.3, 0.4) is 0 Å². The quantitative estimate of drug-likeness (QED) is 0.415. The van der Waals surface area contributed by atoms with Crippen LogP contribution in [-0.2, 0) is 11.3 Å². The molecule has 2 aliphatic carbocycles. The van der Waals surface area contributed by atoms with Crippen LogP contribution in [0.4, 0.5) is 0 Å². The summed E-state index contributed by atoms with van der Waals surface area (Å²) in [5, 5.41) is 3.53. The van der Waals surface area contributed by atoms with E-state index in [2.05, 4.69) is 91.3 Å². The summed E-state index contributed by atoms with van der Waals surface area (Å²) in [6.45, 7) is 9.87. The Hall–Kier alpha value is -3.76. The molecule has 36 heavy (non-hydrogen) atoms. The van der Waals surface area contributed by atoms with Crippen molar-refractivity contribution < 1.29 is 4.74 Å². The fourth-order valence-corrected chi connectivity index (χ4v) is 5.55. The van der Waals surface area contributed by atoms with Gasteiger partial charge in [-0.3, -0.25) is 0 Å². The molecule has 0 bridgehead atoms. The second kappa shape index (κ2) is 10.5. The molecular formula is C32H35N3O. The summed E-state index contributed by atoms with van der Waals surface area (Å²) in [6, 6.07) is 19.1. The molecule has 1 heterocycles. The van der Waals surface area contributed by atoms with Crippen LogP contribution < -0.4 is 16.8 Å². The Labute approximate surface area is 214 Å². The summed E-state index contributed by atoms with van der Waals surface area (Å²) in [6.07, 6.45) is 10.4. The number of allylic oxidation sites excluding steroid dienone is 6. The molecule has 0 aromatic heterocycles. The van der Waals surface area contributed by atoms with Gasteiger partial charge in [-0.05, 0) is 65.0 Å². The number of ether oxygens (including phenoxy) is 1. The van der Waals surface area contributed by atoms with E-state index in [-0.39, 0.29) is 5.92 Å². The molecule has 4 nitrogen and oxygen atoms in total. The Morgan fingerprint density at radius 2 is 1.78 bits per heavy atom. The number of hydrogen-bond donors (Lipinski definition) is 3. The van der Waals surface area contributed by atoms with Crippen molar-refractivity contribution in [3.05, 3.63) is 142 Å². The molecule has 0 saturated heterocycles. The minimum Gasteiger partial charge on any atom is -0.489 e. The summed E-state index contributed by atoms with van der Waals surface area (Å²) >= 11 is 0. The van der Waals surface area contributed by atoms with Crippen molar-refractivity contribution in [2.75, 3.05) is 6.61 Å². The molecule has 0 amide bonds. The van der Waals surface area contributed by atoms with E-state index in [0.717, 1.165) is 53.7 Å². The van der Waals surface area contributed by atoms with Crippen LogP contribution in [0.25, 0.3) is 0 Å². The molecule has 2 aromatic rings. The molecule has 184 valence electrons. The first kappa shape index (κ1) is 24.0. The van der Waals surface area contributed by atoms with E-state index in [1.165, 1.54) is 16.7 Å². The maximum Gasteiger partial charge on any atom is 0.120 e. The number of dihydropyridines is 1. The van der Waals surface area contributed by atoms with Crippen LogP contribution in [0.1, 0.15) is 54.2 Å². The van der Waals surface area contributed by atoms with Gasteiger partial charge in [-0.15, -0.1) is 0 Å². The van der Waals surface area contributed by atoms with E-state index >= 15 is 0 Å². The van der Waals surface area contributed by atoms with E-state index < -0.39 is 0 Å². The summed E-state index contributed by atoms with van der Waals surface area (Å²) < 4.78 is 6.23. The van der Waals surface area contributed by atoms with Crippen LogP contribution in [0.2, 0.25) is 0 Å². The van der Waals surface area contributed by atoms with Crippen molar-refractivity contribution in [2.45, 2.75) is 44.1 Å². The van der Waals surface area contributed by atoms with Crippen LogP contribution in [0.5, 0.6) is 0 Å². The molecule has 2 atom stereocenters. The minimum absolute atomic E-state index is 0.0966. The lowest BCUT2D eigenvalue weighted by Crippen LogP contribution is -2.35. The Morgan fingerprint density at radius 1 is 1.00 bits per heavy atom. The molecule has 2 unspecified atom stereocenters. The maximum absolute atomic E-state index is 6.72. The Morgan fingerprint density at radius 3 is 2.47 bits per heavy atom. The molecule has 1 aliphatic heterocycles. The van der Waals surface area contributed by atoms with Gasteiger partial charge in [-0.2, -0.15) is 0 Å². The SMILES string of the molecule is C=C1CC(c2ccccc2)CC2=C1C(c1ccc(CN)cc1)C(C(=C)OCC1=CCCC=C1)=C(N)N2. The average molecular weight is 478 g/mol. The first-order valence-electron chi connectivity index (χ1n) is 12.7. The highest BCUT2D eigenvalue weighted by Gasteiger charge is 2.38. The summed E-state index contributed by atoms with van der Waals surface area (Å²) in [5.41, 5.74) is 21.7. The molecule has 3 aliphatic rings. The predicted octanol–water partition coefficient (Wildman–Crippen LogP) is 6.20. The third-order valence-corrected chi connectivity index (χ3v) is 7.41. The lowest BCUT2D eigenvalue weighted by atomic mass is 9.70. The molecule has 5 rings (SSSR count). The largest absolute Gasteiger partial charge is 0.489 e. The highest BCUT2D eigenvalue weighted by Crippen LogP contribution is 2.49. The van der Waals surface area contributed by atoms with Gasteiger partial charge in [-0.25, -0.2) is 0 Å². The van der Waals surface area contributed by atoms with Crippen LogP contribution in [0.15, 0.2) is 126 Å². The summed E-state index contributed by atoms with van der Waals surface area (Å²) in [4.78, 5) is 0. The van der Waals surface area contributed by atoms with Gasteiger partial charge < -0.3 is 21.5 Å². The van der Waals surface area contributed by atoms with Crippen LogP contribution >= 0.6 is 0 Å². The zero-order chi connectivity index (χ0) is 25.1. The van der Waals surface area contributed by atoms with Gasteiger partial charge in [0.15, 0.2) is 0 Å². The van der Waals surface area contributed by atoms with E-state index in [0.29, 0.717) is 30.6 Å². The summed E-state index contributed by atoms with van der Waals surface area (Å²) in [7, 11) is 0. The third-order valence-electron chi connectivity index (χ3n) is 7.41. The number of benzene rings is 2. The van der Waals surface area contributed by atoms with Gasteiger partial charge in [0.25, 0.3) is 0 Å². The molecular weight excluding hydrogens is 442 g/mol. The normalized spacial score (nSPS) is 21.6. The maximum atomic E-state index is 6.72. The van der Waals surface area contributed by atoms with E-state index in [1.807, 2.05) is 0 Å². The highest BCUT2D eigenvalue weighted by atomic mass is 16.5. The molecule has 0 saturated carbocycles. The van der Waals surface area contributed by atoms with Gasteiger partial charge in [0, 0.05) is 23.7 Å². The smallest absolute Gasteiger partial charge is 0.120 e. The van der Waals surface area contributed by atoms with E-state index in [9.17, 15) is 0 Å². The number of hydrogen-bond acceptors (Lipinski definition) is 4. The monoisotopic (exact) mass is 477 g/mol. The zero-order valence-corrected chi connectivity index (χ0v) is 20.8. The fourth-order valence-electron chi connectivity index (χ4n) is 5.55. The number of nitrogens with two attached hydrogens (primary N) is 2. The Balaban J connectivity index is 1.50. The molecule has 4 heteroatoms. The molecule has 0 radical (unpaired) electrons. The highest BCUT2D eigenvalue weighted by molar-refractivity contribution is 5.59. The molecule has 5 N–H and O–H groups in total. The molecule has 2 aromatic carbocycles. The van der Waals surface area contributed by atoms with E-state index in [1.54, 1.807) is 0 Å². The lowest BCUT2D eigenvalue weighted by Gasteiger charge is -2.39. The summed E-state index contributed by atoms with van der Waals surface area (Å²) in [5.74, 6) is 1.46. The first-order valence-corrected chi connectivity index (χ1v) is 12.7. The Bertz CT molecular complexity index is 1280. The molecule has 0 spiro atoms. The van der Waals surface area contributed by atoms with Gasteiger partial charge in [0.05, 0.1) is 0 Å². The molecule has 0 fully saturated rings. The van der Waals surface area contributed by atoms with Crippen LogP contribution in [0, 0.1) is 0 Å². The standard InChI is InChI=1S/C32H35N3O/c1-21-17-27(25-11-7-4-8-12-25)18-28-29(21)31(26-15-13-23(19-33)14-16-26)30(32(34)35-28)22(2)36-20-24-9-5-3-6-10-24/h4-5,7-16,27,31,35H,1-3,6,17-20,33-34H2. The second-order valence-corrected chi connectivity index (χ2v) is 9.81. The minimum atomic E-state index is -0.0966. The van der Waals surface area contributed by atoms with Crippen molar-refractivity contribution in [3.63, 3.8) is 0 Å². The third kappa shape index (κ3) is 4.82. The van der Waals surface area contributed by atoms with E-state index in [4.69, 9.17) is 16.2 Å². The van der Waals surface area contributed by atoms with Crippen molar-refractivity contribution in [1.29, 1.82) is 0 Å². The van der Waals surface area contributed by atoms with Gasteiger partial charge in [-0.1, -0.05) is 86.0 Å². The topological polar surface area (TPSA) is 73.3 Å². The average Bonchev–Trinajstić information content (AvgIpc) is 2.92. The van der Waals surface area contributed by atoms with Gasteiger partial charge in [0.2, 0.25) is 0 Å². The predicted molar refractivity (Wildman–Crippen MR) is 148 cm³/mol. The fraction of sp³-hybridized carbons (Fsp3) is 0.250. The van der Waals surface area contributed by atoms with Gasteiger partial charge >= 0.3 is 0 Å². The zero-order valence-electron chi connectivity index (χ0n) is 20.8. The van der Waals surface area contributed by atoms with Crippen LogP contribution in [-0.4, -0.2) is 6.61 Å². The van der Waals surface area contributed by atoms with Gasteiger partial charge in [0.1, 0.15) is 18.2 Å². The van der Waals surface area contributed by atoms with Crippen molar-refractivity contribution >= 4 is 0 Å². The second-order valence-electron chi connectivity index (χ2n) is 9.81. The number of nitrogens with one attached hydrogen (secondary N) is 1. The van der Waals surface area contributed by atoms with Crippen molar-refractivity contribution in [1.82, 2.24) is 5.32 Å². The van der Waals surface area contributed by atoms with Crippen molar-refractivity contribution in [2.24, 2.45) is 11.5 Å². The van der Waals surface area contributed by atoms with Crippen molar-refractivity contribution in [3.8, 4) is 0 Å².